The zero-order valence-electron chi connectivity index (χ0n) is 18.0. The van der Waals surface area contributed by atoms with Gasteiger partial charge in [0.2, 0.25) is 0 Å². The van der Waals surface area contributed by atoms with Gasteiger partial charge in [0.05, 0.1) is 12.3 Å². The van der Waals surface area contributed by atoms with E-state index in [9.17, 15) is 0 Å². The fourth-order valence-electron chi connectivity index (χ4n) is 3.53. The summed E-state index contributed by atoms with van der Waals surface area (Å²) in [6.07, 6.45) is 2.89. The summed E-state index contributed by atoms with van der Waals surface area (Å²) in [5.74, 6) is 1.47. The van der Waals surface area contributed by atoms with Gasteiger partial charge in [0, 0.05) is 6.21 Å². The van der Waals surface area contributed by atoms with E-state index in [2.05, 4.69) is 66.5 Å². The van der Waals surface area contributed by atoms with Gasteiger partial charge in [0.15, 0.2) is 11.5 Å². The zero-order chi connectivity index (χ0) is 21.5. The number of hydrogen-bond acceptors (Lipinski definition) is 3. The molecule has 3 heteroatoms. The van der Waals surface area contributed by atoms with Crippen LogP contribution in [0.2, 0.25) is 0 Å². The highest BCUT2D eigenvalue weighted by molar-refractivity contribution is 5.85. The molecule has 0 unspecified atom stereocenters. The third-order valence-electron chi connectivity index (χ3n) is 5.24. The van der Waals surface area contributed by atoms with E-state index in [1.165, 1.54) is 16.3 Å². The molecule has 4 rings (SSSR count). The van der Waals surface area contributed by atoms with Gasteiger partial charge in [-0.1, -0.05) is 61.5 Å². The van der Waals surface area contributed by atoms with E-state index in [4.69, 9.17) is 9.47 Å². The Labute approximate surface area is 184 Å². The average Bonchev–Trinajstić information content (AvgIpc) is 2.82. The van der Waals surface area contributed by atoms with Crippen molar-refractivity contribution in [2.75, 3.05) is 6.61 Å². The Hall–Kier alpha value is -3.59. The first-order chi connectivity index (χ1) is 15.3. The topological polar surface area (TPSA) is 30.8 Å². The molecule has 0 spiro atoms. The Morgan fingerprint density at radius 3 is 2.39 bits per heavy atom. The van der Waals surface area contributed by atoms with E-state index in [0.717, 1.165) is 34.7 Å². The largest absolute Gasteiger partial charge is 0.490 e. The predicted molar refractivity (Wildman–Crippen MR) is 129 cm³/mol. The Morgan fingerprint density at radius 1 is 0.774 bits per heavy atom. The maximum absolute atomic E-state index is 6.16. The first-order valence-electron chi connectivity index (χ1n) is 10.8. The number of aryl methyl sites for hydroxylation is 1. The molecule has 0 amide bonds. The molecule has 0 atom stereocenters. The van der Waals surface area contributed by atoms with Gasteiger partial charge < -0.3 is 9.47 Å². The van der Waals surface area contributed by atoms with Crippen molar-refractivity contribution in [2.24, 2.45) is 4.99 Å². The second-order valence-corrected chi connectivity index (χ2v) is 7.34. The highest BCUT2D eigenvalue weighted by Crippen LogP contribution is 2.30. The fourth-order valence-corrected chi connectivity index (χ4v) is 3.53. The highest BCUT2D eigenvalue weighted by atomic mass is 16.5. The summed E-state index contributed by atoms with van der Waals surface area (Å²) in [5, 5.41) is 2.42. The smallest absolute Gasteiger partial charge is 0.161 e. The van der Waals surface area contributed by atoms with Gasteiger partial charge >= 0.3 is 0 Å². The third kappa shape index (κ3) is 5.13. The first-order valence-corrected chi connectivity index (χ1v) is 10.8. The van der Waals surface area contributed by atoms with Crippen LogP contribution < -0.4 is 9.47 Å². The molecule has 4 aromatic rings. The minimum atomic E-state index is 0.485. The summed E-state index contributed by atoms with van der Waals surface area (Å²) in [4.78, 5) is 4.59. The average molecular weight is 410 g/mol. The fraction of sp³-hybridized carbons (Fsp3) is 0.179. The van der Waals surface area contributed by atoms with Gasteiger partial charge in [-0.25, -0.2) is 0 Å². The normalized spacial score (nSPS) is 11.2. The van der Waals surface area contributed by atoms with Crippen LogP contribution in [-0.4, -0.2) is 12.8 Å². The summed E-state index contributed by atoms with van der Waals surface area (Å²) in [7, 11) is 0. The summed E-state index contributed by atoms with van der Waals surface area (Å²) < 4.78 is 12.0. The summed E-state index contributed by atoms with van der Waals surface area (Å²) in [6, 6.07) is 28.9. The van der Waals surface area contributed by atoms with Crippen LogP contribution in [0.5, 0.6) is 11.5 Å². The highest BCUT2D eigenvalue weighted by Gasteiger charge is 2.08. The van der Waals surface area contributed by atoms with Gasteiger partial charge in [-0.2, -0.15) is 0 Å². The van der Waals surface area contributed by atoms with E-state index >= 15 is 0 Å². The van der Waals surface area contributed by atoms with Gasteiger partial charge in [-0.3, -0.25) is 4.99 Å². The van der Waals surface area contributed by atoms with Crippen LogP contribution in [0, 0.1) is 0 Å². The molecule has 3 nitrogen and oxygen atoms in total. The minimum absolute atomic E-state index is 0.485. The lowest BCUT2D eigenvalue weighted by Gasteiger charge is -2.13. The van der Waals surface area contributed by atoms with Gasteiger partial charge in [-0.15, -0.1) is 0 Å². The summed E-state index contributed by atoms with van der Waals surface area (Å²) >= 11 is 0. The number of aliphatic imine (C=N–C) groups is 1. The number of hydrogen-bond donors (Lipinski definition) is 0. The molecule has 0 heterocycles. The van der Waals surface area contributed by atoms with Crippen molar-refractivity contribution in [3.8, 4) is 11.5 Å². The van der Waals surface area contributed by atoms with Crippen molar-refractivity contribution >= 4 is 22.7 Å². The van der Waals surface area contributed by atoms with Crippen LogP contribution in [-0.2, 0) is 13.0 Å². The van der Waals surface area contributed by atoms with Crippen LogP contribution >= 0.6 is 0 Å². The molecule has 0 saturated carbocycles. The van der Waals surface area contributed by atoms with Crippen LogP contribution in [0.25, 0.3) is 10.8 Å². The van der Waals surface area contributed by atoms with Crippen molar-refractivity contribution in [3.05, 3.63) is 102 Å². The van der Waals surface area contributed by atoms with Crippen LogP contribution in [0.3, 0.4) is 0 Å². The standard InChI is InChI=1S/C28H27NO2/c1-3-21-12-15-25(16-13-21)29-19-22-14-17-27(28(18-22)30-4-2)31-20-24-10-7-9-23-8-5-6-11-26(23)24/h5-19H,3-4,20H2,1-2H3. The molecular formula is C28H27NO2. The number of fused-ring (bicyclic) bond motifs is 1. The van der Waals surface area contributed by atoms with Crippen molar-refractivity contribution in [1.29, 1.82) is 0 Å². The molecule has 0 aliphatic rings. The van der Waals surface area contributed by atoms with Gasteiger partial charge in [0.1, 0.15) is 6.61 Å². The van der Waals surface area contributed by atoms with E-state index < -0.39 is 0 Å². The molecule has 4 aromatic carbocycles. The molecule has 0 saturated heterocycles. The lowest BCUT2D eigenvalue weighted by molar-refractivity contribution is 0.270. The minimum Gasteiger partial charge on any atom is -0.490 e. The van der Waals surface area contributed by atoms with Crippen molar-refractivity contribution < 1.29 is 9.47 Å². The molecule has 0 radical (unpaired) electrons. The van der Waals surface area contributed by atoms with E-state index in [1.54, 1.807) is 0 Å². The van der Waals surface area contributed by atoms with Gasteiger partial charge in [-0.05, 0) is 71.1 Å². The Kier molecular flexibility index (Phi) is 6.63. The van der Waals surface area contributed by atoms with E-state index in [-0.39, 0.29) is 0 Å². The van der Waals surface area contributed by atoms with Crippen molar-refractivity contribution in [2.45, 2.75) is 26.9 Å². The van der Waals surface area contributed by atoms with E-state index in [0.29, 0.717) is 13.2 Å². The molecule has 0 aliphatic carbocycles. The van der Waals surface area contributed by atoms with Crippen molar-refractivity contribution in [3.63, 3.8) is 0 Å². The van der Waals surface area contributed by atoms with Crippen molar-refractivity contribution in [1.82, 2.24) is 0 Å². The molecule has 0 fully saturated rings. The maximum Gasteiger partial charge on any atom is 0.161 e. The molecule has 0 aromatic heterocycles. The molecule has 156 valence electrons. The number of rotatable bonds is 8. The number of nitrogens with zero attached hydrogens (tertiary/aromatic N) is 1. The second-order valence-electron chi connectivity index (χ2n) is 7.34. The third-order valence-corrected chi connectivity index (χ3v) is 5.24. The Morgan fingerprint density at radius 2 is 1.58 bits per heavy atom. The second kappa shape index (κ2) is 9.94. The number of ether oxygens (including phenoxy) is 2. The summed E-state index contributed by atoms with van der Waals surface area (Å²) in [5.41, 5.74) is 4.37. The van der Waals surface area contributed by atoms with Crippen LogP contribution in [0.1, 0.15) is 30.5 Å². The maximum atomic E-state index is 6.16. The molecule has 0 bridgehead atoms. The Bertz CT molecular complexity index is 1170. The summed E-state index contributed by atoms with van der Waals surface area (Å²) in [6.45, 7) is 5.18. The molecule has 0 aliphatic heterocycles. The first kappa shape index (κ1) is 20.7. The van der Waals surface area contributed by atoms with Gasteiger partial charge in [0.25, 0.3) is 0 Å². The SMILES string of the molecule is CCOc1cc(C=Nc2ccc(CC)cc2)ccc1OCc1cccc2ccccc12. The van der Waals surface area contributed by atoms with Crippen LogP contribution in [0.15, 0.2) is 89.9 Å². The zero-order valence-corrected chi connectivity index (χ0v) is 18.0. The lowest BCUT2D eigenvalue weighted by Crippen LogP contribution is -2.01. The number of benzene rings is 4. The van der Waals surface area contributed by atoms with Crippen LogP contribution in [0.4, 0.5) is 5.69 Å². The molecular weight excluding hydrogens is 382 g/mol. The lowest BCUT2D eigenvalue weighted by atomic mass is 10.1. The molecule has 0 N–H and O–H groups in total. The monoisotopic (exact) mass is 409 g/mol. The van der Waals surface area contributed by atoms with E-state index in [1.807, 2.05) is 43.5 Å². The Balaban J connectivity index is 1.52. The quantitative estimate of drug-likeness (QED) is 0.290. The predicted octanol–water partition coefficient (Wildman–Crippen LogP) is 7.13. The molecule has 31 heavy (non-hydrogen) atoms.